The fourth-order valence-corrected chi connectivity index (χ4v) is 2.05. The van der Waals surface area contributed by atoms with Crippen molar-refractivity contribution in [1.29, 1.82) is 0 Å². The Morgan fingerprint density at radius 2 is 1.94 bits per heavy atom. The van der Waals surface area contributed by atoms with Crippen molar-refractivity contribution in [1.82, 2.24) is 5.32 Å². The van der Waals surface area contributed by atoms with Crippen LogP contribution in [0.15, 0.2) is 24.3 Å². The lowest BCUT2D eigenvalue weighted by Crippen LogP contribution is -2.31. The van der Waals surface area contributed by atoms with Crippen molar-refractivity contribution in [2.45, 2.75) is 39.2 Å². The number of benzene rings is 1. The number of ether oxygens (including phenoxy) is 1. The van der Waals surface area contributed by atoms with Gasteiger partial charge in [0.1, 0.15) is 0 Å². The van der Waals surface area contributed by atoms with Crippen molar-refractivity contribution in [2.24, 2.45) is 0 Å². The van der Waals surface area contributed by atoms with Crippen LogP contribution in [0.25, 0.3) is 0 Å². The van der Waals surface area contributed by atoms with E-state index >= 15 is 0 Å². The molecule has 1 aromatic carbocycles. The van der Waals surface area contributed by atoms with Crippen molar-refractivity contribution >= 4 is 0 Å². The summed E-state index contributed by atoms with van der Waals surface area (Å²) < 4.78 is 5.11. The number of rotatable bonds is 8. The quantitative estimate of drug-likeness (QED) is 0.700. The Morgan fingerprint density at radius 3 is 2.53 bits per heavy atom. The van der Waals surface area contributed by atoms with Gasteiger partial charge in [0, 0.05) is 19.8 Å². The third kappa shape index (κ3) is 5.85. The molecule has 0 saturated carbocycles. The molecule has 1 unspecified atom stereocenters. The summed E-state index contributed by atoms with van der Waals surface area (Å²) in [7, 11) is 1.77. The molecule has 0 amide bonds. The Hall–Kier alpha value is -0.860. The normalized spacial score (nSPS) is 12.6. The van der Waals surface area contributed by atoms with Gasteiger partial charge in [0.05, 0.1) is 0 Å². The highest BCUT2D eigenvalue weighted by Crippen LogP contribution is 2.09. The molecule has 0 bridgehead atoms. The van der Waals surface area contributed by atoms with E-state index in [4.69, 9.17) is 4.74 Å². The summed E-state index contributed by atoms with van der Waals surface area (Å²) in [5, 5.41) is 3.55. The first-order valence-electron chi connectivity index (χ1n) is 6.54. The van der Waals surface area contributed by atoms with Gasteiger partial charge >= 0.3 is 0 Å². The largest absolute Gasteiger partial charge is 0.385 e. The highest BCUT2D eigenvalue weighted by molar-refractivity contribution is 5.22. The fourth-order valence-electron chi connectivity index (χ4n) is 2.05. The van der Waals surface area contributed by atoms with Crippen LogP contribution in [-0.2, 0) is 11.2 Å². The van der Waals surface area contributed by atoms with Gasteiger partial charge in [0.15, 0.2) is 0 Å². The zero-order chi connectivity index (χ0) is 12.5. The van der Waals surface area contributed by atoms with Crippen molar-refractivity contribution in [2.75, 3.05) is 20.3 Å². The lowest BCUT2D eigenvalue weighted by Gasteiger charge is -2.17. The second-order valence-electron chi connectivity index (χ2n) is 4.58. The summed E-state index contributed by atoms with van der Waals surface area (Å²) in [5.41, 5.74) is 2.74. The van der Waals surface area contributed by atoms with Gasteiger partial charge in [-0.2, -0.15) is 0 Å². The highest BCUT2D eigenvalue weighted by atomic mass is 16.5. The fraction of sp³-hybridized carbons (Fsp3) is 0.600. The summed E-state index contributed by atoms with van der Waals surface area (Å²) in [6, 6.07) is 9.41. The van der Waals surface area contributed by atoms with Crippen molar-refractivity contribution in [3.63, 3.8) is 0 Å². The average molecular weight is 235 g/mol. The molecule has 1 aromatic rings. The highest BCUT2D eigenvalue weighted by Gasteiger charge is 2.07. The Kier molecular flexibility index (Phi) is 6.90. The zero-order valence-electron chi connectivity index (χ0n) is 11.3. The van der Waals surface area contributed by atoms with Crippen LogP contribution < -0.4 is 5.32 Å². The van der Waals surface area contributed by atoms with Crippen LogP contribution in [0.2, 0.25) is 0 Å². The van der Waals surface area contributed by atoms with E-state index in [1.807, 2.05) is 0 Å². The van der Waals surface area contributed by atoms with Crippen LogP contribution in [0.5, 0.6) is 0 Å². The molecule has 0 aliphatic rings. The number of hydrogen-bond donors (Lipinski definition) is 1. The monoisotopic (exact) mass is 235 g/mol. The Labute approximate surface area is 105 Å². The summed E-state index contributed by atoms with van der Waals surface area (Å²) in [6.07, 6.45) is 3.41. The molecule has 96 valence electrons. The van der Waals surface area contributed by atoms with E-state index in [2.05, 4.69) is 43.4 Å². The third-order valence-corrected chi connectivity index (χ3v) is 3.00. The smallest absolute Gasteiger partial charge is 0.0462 e. The minimum atomic E-state index is 0.567. The minimum absolute atomic E-state index is 0.567. The second kappa shape index (κ2) is 8.26. The number of nitrogens with one attached hydrogen (secondary N) is 1. The van der Waals surface area contributed by atoms with E-state index in [1.54, 1.807) is 7.11 Å². The molecule has 0 aliphatic carbocycles. The maximum Gasteiger partial charge on any atom is 0.0462 e. The molecule has 0 aliphatic heterocycles. The average Bonchev–Trinajstić information content (AvgIpc) is 2.32. The Morgan fingerprint density at radius 1 is 1.24 bits per heavy atom. The summed E-state index contributed by atoms with van der Waals surface area (Å²) in [6.45, 7) is 6.18. The van der Waals surface area contributed by atoms with Gasteiger partial charge < -0.3 is 10.1 Å². The maximum absolute atomic E-state index is 5.11. The van der Waals surface area contributed by atoms with E-state index in [0.29, 0.717) is 6.04 Å². The summed E-state index contributed by atoms with van der Waals surface area (Å²) in [4.78, 5) is 0. The molecule has 0 aromatic heterocycles. The van der Waals surface area contributed by atoms with E-state index in [-0.39, 0.29) is 0 Å². The third-order valence-electron chi connectivity index (χ3n) is 3.00. The second-order valence-corrected chi connectivity index (χ2v) is 4.58. The van der Waals surface area contributed by atoms with Crippen LogP contribution >= 0.6 is 0 Å². The first-order chi connectivity index (χ1) is 8.26. The maximum atomic E-state index is 5.11. The predicted octanol–water partition coefficient (Wildman–Crippen LogP) is 2.94. The molecule has 2 heteroatoms. The molecule has 1 N–H and O–H groups in total. The number of aryl methyl sites for hydroxylation is 1. The molecular weight excluding hydrogens is 210 g/mol. The molecule has 0 saturated heterocycles. The number of methoxy groups -OCH3 is 1. The molecule has 2 nitrogen and oxygen atoms in total. The van der Waals surface area contributed by atoms with Crippen molar-refractivity contribution in [3.8, 4) is 0 Å². The van der Waals surface area contributed by atoms with Gasteiger partial charge in [-0.15, -0.1) is 0 Å². The molecule has 1 rings (SSSR count). The summed E-state index contributed by atoms with van der Waals surface area (Å²) in [5.74, 6) is 0. The standard InChI is InChI=1S/C15H25NO/c1-4-16-15(6-5-11-17-3)12-14-9-7-13(2)8-10-14/h7-10,15-16H,4-6,11-12H2,1-3H3. The van der Waals surface area contributed by atoms with Crippen LogP contribution in [0.4, 0.5) is 0 Å². The van der Waals surface area contributed by atoms with Gasteiger partial charge in [-0.25, -0.2) is 0 Å². The van der Waals surface area contributed by atoms with Gasteiger partial charge in [-0.1, -0.05) is 36.8 Å². The molecule has 17 heavy (non-hydrogen) atoms. The van der Waals surface area contributed by atoms with E-state index in [1.165, 1.54) is 17.5 Å². The summed E-state index contributed by atoms with van der Waals surface area (Å²) >= 11 is 0. The van der Waals surface area contributed by atoms with Crippen LogP contribution in [0.3, 0.4) is 0 Å². The first kappa shape index (κ1) is 14.2. The first-order valence-corrected chi connectivity index (χ1v) is 6.54. The topological polar surface area (TPSA) is 21.3 Å². The van der Waals surface area contributed by atoms with Crippen LogP contribution in [0.1, 0.15) is 30.9 Å². The Balaban J connectivity index is 2.44. The SMILES string of the molecule is CCNC(CCCOC)Cc1ccc(C)cc1. The molecule has 1 atom stereocenters. The Bertz CT molecular complexity index is 294. The molecule has 0 radical (unpaired) electrons. The lowest BCUT2D eigenvalue weighted by atomic mass is 10.0. The number of hydrogen-bond acceptors (Lipinski definition) is 2. The minimum Gasteiger partial charge on any atom is -0.385 e. The van der Waals surface area contributed by atoms with Gasteiger partial charge in [0.25, 0.3) is 0 Å². The molecule has 0 heterocycles. The van der Waals surface area contributed by atoms with E-state index in [9.17, 15) is 0 Å². The molecule has 0 spiro atoms. The molecule has 0 fully saturated rings. The zero-order valence-corrected chi connectivity index (χ0v) is 11.3. The van der Waals surface area contributed by atoms with Crippen molar-refractivity contribution in [3.05, 3.63) is 35.4 Å². The molecular formula is C15H25NO. The van der Waals surface area contributed by atoms with Crippen molar-refractivity contribution < 1.29 is 4.74 Å². The number of likely N-dealkylation sites (N-methyl/N-ethyl adjacent to an activating group) is 1. The van der Waals surface area contributed by atoms with Gasteiger partial charge in [-0.3, -0.25) is 0 Å². The van der Waals surface area contributed by atoms with Crippen LogP contribution in [0, 0.1) is 6.92 Å². The van der Waals surface area contributed by atoms with Crippen LogP contribution in [-0.4, -0.2) is 26.3 Å². The lowest BCUT2D eigenvalue weighted by molar-refractivity contribution is 0.188. The van der Waals surface area contributed by atoms with E-state index < -0.39 is 0 Å². The van der Waals surface area contributed by atoms with E-state index in [0.717, 1.165) is 26.0 Å². The van der Waals surface area contributed by atoms with Gasteiger partial charge in [-0.05, 0) is 38.3 Å². The predicted molar refractivity (Wildman–Crippen MR) is 73.5 cm³/mol. The van der Waals surface area contributed by atoms with Gasteiger partial charge in [0.2, 0.25) is 0 Å².